The van der Waals surface area contributed by atoms with E-state index in [0.29, 0.717) is 6.61 Å². The van der Waals surface area contributed by atoms with Crippen LogP contribution in [0.1, 0.15) is 5.56 Å². The van der Waals surface area contributed by atoms with Crippen LogP contribution in [-0.4, -0.2) is 33.4 Å². The fraction of sp³-hybridized carbons (Fsp3) is 0.500. The number of ether oxygens (including phenoxy) is 2. The van der Waals surface area contributed by atoms with Crippen molar-refractivity contribution in [1.29, 1.82) is 0 Å². The molecule has 0 aliphatic heterocycles. The van der Waals surface area contributed by atoms with Crippen molar-refractivity contribution in [1.82, 2.24) is 5.32 Å². The minimum Gasteiger partial charge on any atom is -0.492 e. The third kappa shape index (κ3) is 5.40. The van der Waals surface area contributed by atoms with Gasteiger partial charge in [-0.15, -0.1) is 0 Å². The van der Waals surface area contributed by atoms with Gasteiger partial charge in [0.2, 0.25) is 0 Å². The Labute approximate surface area is 91.4 Å². The number of aryl methyl sites for hydroxylation is 1. The standard InChI is InChI=1S/C12H19NO2/c1-11-4-3-5-12(10-11)15-9-7-13-6-8-14-2/h3-5,10,13H,6-9H2,1-2H3. The first kappa shape index (κ1) is 12.0. The highest BCUT2D eigenvalue weighted by molar-refractivity contribution is 5.27. The molecule has 0 atom stereocenters. The average Bonchev–Trinajstić information content (AvgIpc) is 2.23. The van der Waals surface area contributed by atoms with E-state index in [1.807, 2.05) is 18.2 Å². The molecule has 3 heteroatoms. The molecule has 1 rings (SSSR count). The number of methoxy groups -OCH3 is 1. The Morgan fingerprint density at radius 2 is 2.00 bits per heavy atom. The Balaban J connectivity index is 2.10. The number of hydrogen-bond donors (Lipinski definition) is 1. The van der Waals surface area contributed by atoms with Gasteiger partial charge in [-0.3, -0.25) is 0 Å². The molecule has 0 saturated carbocycles. The molecule has 0 aromatic heterocycles. The third-order valence-corrected chi connectivity index (χ3v) is 2.02. The van der Waals surface area contributed by atoms with Crippen molar-refractivity contribution in [2.45, 2.75) is 6.92 Å². The summed E-state index contributed by atoms with van der Waals surface area (Å²) >= 11 is 0. The molecule has 0 radical (unpaired) electrons. The fourth-order valence-electron chi connectivity index (χ4n) is 1.25. The molecule has 1 N–H and O–H groups in total. The van der Waals surface area contributed by atoms with Crippen LogP contribution in [0.5, 0.6) is 5.75 Å². The van der Waals surface area contributed by atoms with Crippen molar-refractivity contribution in [3.63, 3.8) is 0 Å². The summed E-state index contributed by atoms with van der Waals surface area (Å²) < 4.78 is 10.5. The quantitative estimate of drug-likeness (QED) is 0.692. The summed E-state index contributed by atoms with van der Waals surface area (Å²) in [5.74, 6) is 0.934. The SMILES string of the molecule is COCCNCCOc1cccc(C)c1. The van der Waals surface area contributed by atoms with Gasteiger partial charge in [-0.05, 0) is 24.6 Å². The maximum Gasteiger partial charge on any atom is 0.119 e. The Hall–Kier alpha value is -1.06. The van der Waals surface area contributed by atoms with E-state index in [-0.39, 0.29) is 0 Å². The van der Waals surface area contributed by atoms with E-state index < -0.39 is 0 Å². The van der Waals surface area contributed by atoms with E-state index in [1.54, 1.807) is 7.11 Å². The number of nitrogens with one attached hydrogen (secondary N) is 1. The van der Waals surface area contributed by atoms with Gasteiger partial charge in [-0.2, -0.15) is 0 Å². The molecular weight excluding hydrogens is 190 g/mol. The van der Waals surface area contributed by atoms with E-state index >= 15 is 0 Å². The van der Waals surface area contributed by atoms with Crippen LogP contribution in [0.2, 0.25) is 0 Å². The summed E-state index contributed by atoms with van der Waals surface area (Å²) in [6.45, 7) is 5.20. The van der Waals surface area contributed by atoms with Gasteiger partial charge in [0.05, 0.1) is 6.61 Å². The topological polar surface area (TPSA) is 30.5 Å². The maximum atomic E-state index is 5.56. The number of rotatable bonds is 7. The largest absolute Gasteiger partial charge is 0.492 e. The molecule has 0 saturated heterocycles. The zero-order valence-corrected chi connectivity index (χ0v) is 9.45. The van der Waals surface area contributed by atoms with Crippen LogP contribution in [0.3, 0.4) is 0 Å². The maximum absolute atomic E-state index is 5.56. The molecule has 15 heavy (non-hydrogen) atoms. The summed E-state index contributed by atoms with van der Waals surface area (Å²) in [6.07, 6.45) is 0. The van der Waals surface area contributed by atoms with E-state index in [9.17, 15) is 0 Å². The molecule has 0 aliphatic carbocycles. The summed E-state index contributed by atoms with van der Waals surface area (Å²) in [5.41, 5.74) is 1.22. The summed E-state index contributed by atoms with van der Waals surface area (Å²) in [5, 5.41) is 3.22. The average molecular weight is 209 g/mol. The Kier molecular flexibility index (Phi) is 5.81. The summed E-state index contributed by atoms with van der Waals surface area (Å²) in [6, 6.07) is 8.07. The van der Waals surface area contributed by atoms with E-state index in [1.165, 1.54) is 5.56 Å². The Morgan fingerprint density at radius 3 is 2.73 bits per heavy atom. The van der Waals surface area contributed by atoms with Gasteiger partial charge in [-0.1, -0.05) is 12.1 Å². The first-order valence-corrected chi connectivity index (χ1v) is 5.22. The van der Waals surface area contributed by atoms with Crippen LogP contribution in [-0.2, 0) is 4.74 Å². The molecule has 1 aromatic carbocycles. The number of hydrogen-bond acceptors (Lipinski definition) is 3. The van der Waals surface area contributed by atoms with Crippen LogP contribution < -0.4 is 10.1 Å². The second-order valence-corrected chi connectivity index (χ2v) is 3.41. The van der Waals surface area contributed by atoms with Gasteiger partial charge in [-0.25, -0.2) is 0 Å². The van der Waals surface area contributed by atoms with Gasteiger partial charge in [0.25, 0.3) is 0 Å². The monoisotopic (exact) mass is 209 g/mol. The molecule has 0 aliphatic rings. The van der Waals surface area contributed by atoms with Crippen molar-refractivity contribution < 1.29 is 9.47 Å². The molecule has 0 spiro atoms. The van der Waals surface area contributed by atoms with Gasteiger partial charge < -0.3 is 14.8 Å². The second-order valence-electron chi connectivity index (χ2n) is 3.41. The highest BCUT2D eigenvalue weighted by atomic mass is 16.5. The molecule has 0 bridgehead atoms. The van der Waals surface area contributed by atoms with Crippen LogP contribution in [0.15, 0.2) is 24.3 Å². The Morgan fingerprint density at radius 1 is 1.20 bits per heavy atom. The van der Waals surface area contributed by atoms with Crippen molar-refractivity contribution in [2.24, 2.45) is 0 Å². The van der Waals surface area contributed by atoms with Crippen LogP contribution in [0.25, 0.3) is 0 Å². The zero-order valence-electron chi connectivity index (χ0n) is 9.45. The molecule has 0 heterocycles. The van der Waals surface area contributed by atoms with Gasteiger partial charge in [0, 0.05) is 20.2 Å². The lowest BCUT2D eigenvalue weighted by atomic mass is 10.2. The molecule has 1 aromatic rings. The van der Waals surface area contributed by atoms with Crippen molar-refractivity contribution >= 4 is 0 Å². The lowest BCUT2D eigenvalue weighted by Crippen LogP contribution is -2.24. The predicted molar refractivity (Wildman–Crippen MR) is 61.4 cm³/mol. The third-order valence-electron chi connectivity index (χ3n) is 2.02. The number of benzene rings is 1. The first-order valence-electron chi connectivity index (χ1n) is 5.22. The molecular formula is C12H19NO2. The van der Waals surface area contributed by atoms with Gasteiger partial charge in [0.15, 0.2) is 0 Å². The van der Waals surface area contributed by atoms with Crippen molar-refractivity contribution in [3.8, 4) is 5.75 Å². The van der Waals surface area contributed by atoms with E-state index in [0.717, 1.165) is 25.4 Å². The Bertz CT molecular complexity index is 276. The lowest BCUT2D eigenvalue weighted by Gasteiger charge is -2.07. The van der Waals surface area contributed by atoms with Crippen LogP contribution >= 0.6 is 0 Å². The van der Waals surface area contributed by atoms with E-state index in [2.05, 4.69) is 18.3 Å². The van der Waals surface area contributed by atoms with Crippen LogP contribution in [0, 0.1) is 6.92 Å². The molecule has 84 valence electrons. The van der Waals surface area contributed by atoms with Crippen molar-refractivity contribution in [3.05, 3.63) is 29.8 Å². The van der Waals surface area contributed by atoms with Crippen LogP contribution in [0.4, 0.5) is 0 Å². The molecule has 3 nitrogen and oxygen atoms in total. The molecule has 0 fully saturated rings. The molecule has 0 amide bonds. The van der Waals surface area contributed by atoms with E-state index in [4.69, 9.17) is 9.47 Å². The van der Waals surface area contributed by atoms with Gasteiger partial charge in [0.1, 0.15) is 12.4 Å². The first-order chi connectivity index (χ1) is 7.33. The van der Waals surface area contributed by atoms with Gasteiger partial charge >= 0.3 is 0 Å². The smallest absolute Gasteiger partial charge is 0.119 e. The highest BCUT2D eigenvalue weighted by Crippen LogP contribution is 2.11. The lowest BCUT2D eigenvalue weighted by molar-refractivity contribution is 0.197. The second kappa shape index (κ2) is 7.26. The molecule has 0 unspecified atom stereocenters. The minimum atomic E-state index is 0.688. The normalized spacial score (nSPS) is 10.3. The van der Waals surface area contributed by atoms with Crippen molar-refractivity contribution in [2.75, 3.05) is 33.4 Å². The summed E-state index contributed by atoms with van der Waals surface area (Å²) in [7, 11) is 1.70. The fourth-order valence-corrected chi connectivity index (χ4v) is 1.25. The predicted octanol–water partition coefficient (Wildman–Crippen LogP) is 1.61. The minimum absolute atomic E-state index is 0.688. The summed E-state index contributed by atoms with van der Waals surface area (Å²) in [4.78, 5) is 0. The highest BCUT2D eigenvalue weighted by Gasteiger charge is 1.93. The zero-order chi connectivity index (χ0) is 10.9.